The zero-order valence-electron chi connectivity index (χ0n) is 36.5. The Labute approximate surface area is 332 Å². The molecule has 3 N–H and O–H groups in total. The SMILES string of the molecule is CC(C)(C)c1cc(CBr)cc(C(C)(C)C)c1O.CCCCCCCCCCCCCCCCCCNCc1cc(C(C)(C)C)c(O)c(C(C)(C)C)c1. The summed E-state index contributed by atoms with van der Waals surface area (Å²) in [5, 5.41) is 25.8. The standard InChI is InChI=1S/C33H61NO.C15H23BrO/c1-8-9-10-11-12-13-14-15-16-17-18-19-20-21-22-23-24-34-27-28-25-29(32(2,3)4)31(35)30(26-28)33(5,6)7;1-14(2,3)11-7-10(9-16)8-12(13(11)17)15(4,5)6/h25-26,34-35H,8-24,27H2,1-7H3;7-8,17H,9H2,1-6H3. The summed E-state index contributed by atoms with van der Waals surface area (Å²) in [5.74, 6) is 0.932. The van der Waals surface area contributed by atoms with E-state index in [1.807, 2.05) is 0 Å². The Bertz CT molecular complexity index is 1200. The molecule has 0 aliphatic heterocycles. The van der Waals surface area contributed by atoms with E-state index in [2.05, 4.69) is 136 Å². The van der Waals surface area contributed by atoms with Crippen molar-refractivity contribution in [2.75, 3.05) is 6.54 Å². The predicted molar refractivity (Wildman–Crippen MR) is 235 cm³/mol. The lowest BCUT2D eigenvalue weighted by Gasteiger charge is -2.28. The molecular weight excluding hydrogens is 702 g/mol. The number of alkyl halides is 1. The van der Waals surface area contributed by atoms with E-state index in [0.717, 1.165) is 40.7 Å². The summed E-state index contributed by atoms with van der Waals surface area (Å²) >= 11 is 3.50. The van der Waals surface area contributed by atoms with E-state index in [9.17, 15) is 10.2 Å². The van der Waals surface area contributed by atoms with E-state index >= 15 is 0 Å². The van der Waals surface area contributed by atoms with Crippen LogP contribution in [0.1, 0.15) is 226 Å². The van der Waals surface area contributed by atoms with Gasteiger partial charge in [0.15, 0.2) is 0 Å². The van der Waals surface area contributed by atoms with Crippen molar-refractivity contribution in [3.63, 3.8) is 0 Å². The summed E-state index contributed by atoms with van der Waals surface area (Å²) < 4.78 is 0. The van der Waals surface area contributed by atoms with Gasteiger partial charge in [0.05, 0.1) is 0 Å². The fourth-order valence-electron chi connectivity index (χ4n) is 6.89. The first kappa shape index (κ1) is 48.5. The molecular formula is C48H84BrNO2. The zero-order chi connectivity index (χ0) is 39.6. The van der Waals surface area contributed by atoms with Gasteiger partial charge in [0.1, 0.15) is 11.5 Å². The van der Waals surface area contributed by atoms with Gasteiger partial charge in [-0.15, -0.1) is 0 Å². The Morgan fingerprint density at radius 1 is 0.442 bits per heavy atom. The molecule has 0 amide bonds. The molecule has 0 radical (unpaired) electrons. The molecule has 0 bridgehead atoms. The normalized spacial score (nSPS) is 12.6. The molecule has 0 aliphatic carbocycles. The molecule has 0 saturated carbocycles. The maximum absolute atomic E-state index is 10.9. The van der Waals surface area contributed by atoms with Gasteiger partial charge in [0, 0.05) is 11.9 Å². The van der Waals surface area contributed by atoms with Crippen LogP contribution in [0.3, 0.4) is 0 Å². The first-order valence-corrected chi connectivity index (χ1v) is 22.3. The Hall–Kier alpha value is -1.52. The molecule has 0 atom stereocenters. The Kier molecular flexibility index (Phi) is 21.8. The van der Waals surface area contributed by atoms with Crippen molar-refractivity contribution in [2.24, 2.45) is 0 Å². The quantitative estimate of drug-likeness (QED) is 0.0925. The molecule has 0 saturated heterocycles. The Morgan fingerprint density at radius 2 is 0.712 bits per heavy atom. The van der Waals surface area contributed by atoms with Gasteiger partial charge in [-0.1, -0.05) is 227 Å². The van der Waals surface area contributed by atoms with E-state index in [1.165, 1.54) is 114 Å². The molecule has 0 heterocycles. The number of nitrogens with one attached hydrogen (secondary N) is 1. The second kappa shape index (κ2) is 23.4. The third-order valence-corrected chi connectivity index (χ3v) is 10.9. The molecule has 4 heteroatoms. The van der Waals surface area contributed by atoms with Crippen molar-refractivity contribution in [3.8, 4) is 11.5 Å². The molecule has 2 rings (SSSR count). The molecule has 3 nitrogen and oxygen atoms in total. The van der Waals surface area contributed by atoms with Crippen LogP contribution >= 0.6 is 15.9 Å². The molecule has 0 fully saturated rings. The number of phenolic OH excluding ortho intramolecular Hbond substituents is 2. The largest absolute Gasteiger partial charge is 0.507 e. The van der Waals surface area contributed by atoms with Crippen LogP contribution in [0.2, 0.25) is 0 Å². The van der Waals surface area contributed by atoms with Crippen LogP contribution < -0.4 is 5.32 Å². The van der Waals surface area contributed by atoms with Gasteiger partial charge in [0.2, 0.25) is 0 Å². The maximum Gasteiger partial charge on any atom is 0.123 e. The summed E-state index contributed by atoms with van der Waals surface area (Å²) in [7, 11) is 0. The number of unbranched alkanes of at least 4 members (excludes halogenated alkanes) is 15. The van der Waals surface area contributed by atoms with Crippen LogP contribution in [0, 0.1) is 0 Å². The van der Waals surface area contributed by atoms with Crippen molar-refractivity contribution < 1.29 is 10.2 Å². The lowest BCUT2D eigenvalue weighted by molar-refractivity contribution is 0.421. The summed E-state index contributed by atoms with van der Waals surface area (Å²) in [6, 6.07) is 8.59. The monoisotopic (exact) mass is 786 g/mol. The van der Waals surface area contributed by atoms with Crippen LogP contribution in [0.5, 0.6) is 11.5 Å². The number of hydrogen-bond acceptors (Lipinski definition) is 3. The Morgan fingerprint density at radius 3 is 0.981 bits per heavy atom. The highest BCUT2D eigenvalue weighted by atomic mass is 79.9. The lowest BCUT2D eigenvalue weighted by atomic mass is 9.78. The topological polar surface area (TPSA) is 52.5 Å². The number of rotatable bonds is 20. The number of hydrogen-bond donors (Lipinski definition) is 3. The molecule has 300 valence electrons. The van der Waals surface area contributed by atoms with Crippen LogP contribution in [-0.2, 0) is 33.5 Å². The first-order valence-electron chi connectivity index (χ1n) is 21.1. The van der Waals surface area contributed by atoms with Gasteiger partial charge in [0.25, 0.3) is 0 Å². The highest BCUT2D eigenvalue weighted by molar-refractivity contribution is 9.08. The van der Waals surface area contributed by atoms with E-state index < -0.39 is 0 Å². The summed E-state index contributed by atoms with van der Waals surface area (Å²) in [5.41, 5.74) is 6.48. The van der Waals surface area contributed by atoms with Crippen LogP contribution in [0.25, 0.3) is 0 Å². The second-order valence-electron chi connectivity index (χ2n) is 19.7. The predicted octanol–water partition coefficient (Wildman–Crippen LogP) is 15.2. The minimum Gasteiger partial charge on any atom is -0.507 e. The van der Waals surface area contributed by atoms with Crippen molar-refractivity contribution >= 4 is 15.9 Å². The van der Waals surface area contributed by atoms with E-state index in [1.54, 1.807) is 0 Å². The minimum atomic E-state index is -0.0615. The Balaban J connectivity index is 0.000000662. The smallest absolute Gasteiger partial charge is 0.123 e. The van der Waals surface area contributed by atoms with Crippen LogP contribution in [-0.4, -0.2) is 16.8 Å². The third-order valence-electron chi connectivity index (χ3n) is 10.3. The number of halogens is 1. The van der Waals surface area contributed by atoms with Crippen molar-refractivity contribution in [1.82, 2.24) is 5.32 Å². The van der Waals surface area contributed by atoms with Gasteiger partial charge >= 0.3 is 0 Å². The van der Waals surface area contributed by atoms with Crippen molar-refractivity contribution in [3.05, 3.63) is 57.6 Å². The molecule has 2 aromatic carbocycles. The van der Waals surface area contributed by atoms with E-state index in [4.69, 9.17) is 0 Å². The average molecular weight is 787 g/mol. The number of phenols is 2. The maximum atomic E-state index is 10.9. The number of benzene rings is 2. The minimum absolute atomic E-state index is 0.0394. The third kappa shape index (κ3) is 18.7. The molecule has 0 aliphatic rings. The highest BCUT2D eigenvalue weighted by Crippen LogP contribution is 2.41. The molecule has 0 aromatic heterocycles. The van der Waals surface area contributed by atoms with E-state index in [0.29, 0.717) is 11.5 Å². The summed E-state index contributed by atoms with van der Waals surface area (Å²) in [4.78, 5) is 0. The fraction of sp³-hybridized carbons (Fsp3) is 0.750. The van der Waals surface area contributed by atoms with Gasteiger partial charge in [-0.25, -0.2) is 0 Å². The highest BCUT2D eigenvalue weighted by Gasteiger charge is 2.27. The summed E-state index contributed by atoms with van der Waals surface area (Å²) in [6.45, 7) is 30.1. The molecule has 0 unspecified atom stereocenters. The van der Waals surface area contributed by atoms with Crippen molar-refractivity contribution in [2.45, 2.75) is 226 Å². The van der Waals surface area contributed by atoms with Gasteiger partial charge in [-0.2, -0.15) is 0 Å². The first-order chi connectivity index (χ1) is 24.1. The average Bonchev–Trinajstić information content (AvgIpc) is 3.03. The summed E-state index contributed by atoms with van der Waals surface area (Å²) in [6.07, 6.45) is 22.6. The van der Waals surface area contributed by atoms with Crippen LogP contribution in [0.4, 0.5) is 0 Å². The van der Waals surface area contributed by atoms with Crippen LogP contribution in [0.15, 0.2) is 24.3 Å². The van der Waals surface area contributed by atoms with Gasteiger partial charge < -0.3 is 15.5 Å². The second-order valence-corrected chi connectivity index (χ2v) is 20.3. The zero-order valence-corrected chi connectivity index (χ0v) is 38.1. The van der Waals surface area contributed by atoms with E-state index in [-0.39, 0.29) is 21.7 Å². The number of aromatic hydroxyl groups is 2. The van der Waals surface area contributed by atoms with Gasteiger partial charge in [-0.3, -0.25) is 0 Å². The molecule has 2 aromatic rings. The fourth-order valence-corrected chi connectivity index (χ4v) is 7.21. The molecule has 0 spiro atoms. The van der Waals surface area contributed by atoms with Crippen molar-refractivity contribution in [1.29, 1.82) is 0 Å². The molecule has 52 heavy (non-hydrogen) atoms. The lowest BCUT2D eigenvalue weighted by Crippen LogP contribution is -2.20. The van der Waals surface area contributed by atoms with Gasteiger partial charge in [-0.05, 0) is 68.0 Å².